The van der Waals surface area contributed by atoms with Crippen LogP contribution in [0.5, 0.6) is 0 Å². The maximum Gasteiger partial charge on any atom is 0.237 e. The molecule has 0 aliphatic carbocycles. The molecule has 1 aromatic rings. The minimum absolute atomic E-state index is 0.107. The zero-order valence-electron chi connectivity index (χ0n) is 11.2. The molecule has 1 atom stereocenters. The quantitative estimate of drug-likeness (QED) is 0.849. The van der Waals surface area contributed by atoms with Crippen LogP contribution in [0.3, 0.4) is 0 Å². The Hall–Kier alpha value is -1.93. The van der Waals surface area contributed by atoms with Gasteiger partial charge in [-0.05, 0) is 31.7 Å². The highest BCUT2D eigenvalue weighted by molar-refractivity contribution is 5.81. The van der Waals surface area contributed by atoms with Gasteiger partial charge >= 0.3 is 0 Å². The van der Waals surface area contributed by atoms with Gasteiger partial charge in [0, 0.05) is 19.5 Å². The Morgan fingerprint density at radius 3 is 2.68 bits per heavy atom. The van der Waals surface area contributed by atoms with Gasteiger partial charge in [0.25, 0.3) is 0 Å². The number of nitriles is 1. The minimum atomic E-state index is -0.297. The molecule has 0 aliphatic rings. The van der Waals surface area contributed by atoms with Gasteiger partial charge < -0.3 is 5.32 Å². The molecule has 4 nitrogen and oxygen atoms in total. The molecule has 0 aliphatic heterocycles. The summed E-state index contributed by atoms with van der Waals surface area (Å²) in [4.78, 5) is 13.7. The van der Waals surface area contributed by atoms with Crippen LogP contribution in [-0.2, 0) is 11.3 Å². The van der Waals surface area contributed by atoms with Crippen molar-refractivity contribution in [2.45, 2.75) is 25.9 Å². The molecule has 0 saturated heterocycles. The van der Waals surface area contributed by atoms with Crippen molar-refractivity contribution in [2.75, 3.05) is 13.6 Å². The fourth-order valence-corrected chi connectivity index (χ4v) is 1.56. The van der Waals surface area contributed by atoms with E-state index < -0.39 is 0 Å². The Labute approximate surface area is 112 Å². The molecule has 19 heavy (non-hydrogen) atoms. The number of benzene rings is 1. The van der Waals surface area contributed by atoms with E-state index in [1.807, 2.05) is 11.0 Å². The first kappa shape index (κ1) is 15.1. The molecule has 102 valence electrons. The van der Waals surface area contributed by atoms with E-state index in [4.69, 9.17) is 5.26 Å². The van der Waals surface area contributed by atoms with Crippen molar-refractivity contribution in [3.05, 3.63) is 35.6 Å². The lowest BCUT2D eigenvalue weighted by molar-refractivity contribution is -0.125. The van der Waals surface area contributed by atoms with Gasteiger partial charge in [0.15, 0.2) is 0 Å². The molecule has 5 heteroatoms. The van der Waals surface area contributed by atoms with Crippen LogP contribution in [-0.4, -0.2) is 30.4 Å². The first-order valence-corrected chi connectivity index (χ1v) is 6.14. The van der Waals surface area contributed by atoms with Crippen LogP contribution in [0.1, 0.15) is 18.9 Å². The third-order valence-electron chi connectivity index (χ3n) is 3.00. The summed E-state index contributed by atoms with van der Waals surface area (Å²) in [7, 11) is 1.81. The van der Waals surface area contributed by atoms with Crippen molar-refractivity contribution in [1.29, 1.82) is 5.26 Å². The SMILES string of the molecule is CC(C(=O)NCc1ccc(F)cc1)N(C)CCC#N. The first-order chi connectivity index (χ1) is 9.04. The lowest BCUT2D eigenvalue weighted by atomic mass is 10.2. The number of rotatable bonds is 6. The normalized spacial score (nSPS) is 11.9. The predicted molar refractivity (Wildman–Crippen MR) is 70.6 cm³/mol. The number of nitrogens with zero attached hydrogens (tertiary/aromatic N) is 2. The summed E-state index contributed by atoms with van der Waals surface area (Å²) in [5, 5.41) is 11.3. The van der Waals surface area contributed by atoms with Gasteiger partial charge in [0.2, 0.25) is 5.91 Å². The lowest BCUT2D eigenvalue weighted by Gasteiger charge is -2.22. The third kappa shape index (κ3) is 5.06. The average molecular weight is 263 g/mol. The second-order valence-electron chi connectivity index (χ2n) is 4.41. The Bertz CT molecular complexity index is 453. The molecule has 0 radical (unpaired) electrons. The van der Waals surface area contributed by atoms with Crippen LogP contribution >= 0.6 is 0 Å². The van der Waals surface area contributed by atoms with E-state index in [0.29, 0.717) is 19.5 Å². The molecule has 0 aromatic heterocycles. The maximum atomic E-state index is 12.7. The van der Waals surface area contributed by atoms with Gasteiger partial charge in [-0.15, -0.1) is 0 Å². The van der Waals surface area contributed by atoms with Gasteiger partial charge in [-0.25, -0.2) is 4.39 Å². The van der Waals surface area contributed by atoms with Crippen LogP contribution in [0.25, 0.3) is 0 Å². The van der Waals surface area contributed by atoms with Crippen molar-refractivity contribution in [2.24, 2.45) is 0 Å². The molecular formula is C14H18FN3O. The highest BCUT2D eigenvalue weighted by atomic mass is 19.1. The second-order valence-corrected chi connectivity index (χ2v) is 4.41. The van der Waals surface area contributed by atoms with Crippen LogP contribution in [0.15, 0.2) is 24.3 Å². The number of carbonyl (C=O) groups excluding carboxylic acids is 1. The smallest absolute Gasteiger partial charge is 0.237 e. The fourth-order valence-electron chi connectivity index (χ4n) is 1.56. The van der Waals surface area contributed by atoms with Gasteiger partial charge in [-0.2, -0.15) is 5.26 Å². The highest BCUT2D eigenvalue weighted by Gasteiger charge is 2.16. The van der Waals surface area contributed by atoms with E-state index in [1.165, 1.54) is 12.1 Å². The third-order valence-corrected chi connectivity index (χ3v) is 3.00. The monoisotopic (exact) mass is 263 g/mol. The number of likely N-dealkylation sites (N-methyl/N-ethyl adjacent to an activating group) is 1. The Morgan fingerprint density at radius 1 is 1.47 bits per heavy atom. The Balaban J connectivity index is 2.42. The van der Waals surface area contributed by atoms with E-state index in [-0.39, 0.29) is 17.8 Å². The maximum absolute atomic E-state index is 12.7. The number of hydrogen-bond donors (Lipinski definition) is 1. The summed E-state index contributed by atoms with van der Waals surface area (Å²) in [6.07, 6.45) is 0.395. The van der Waals surface area contributed by atoms with Gasteiger partial charge in [0.1, 0.15) is 5.82 Å². The van der Waals surface area contributed by atoms with Crippen molar-refractivity contribution < 1.29 is 9.18 Å². The molecule has 1 amide bonds. The zero-order valence-corrected chi connectivity index (χ0v) is 11.2. The predicted octanol–water partition coefficient (Wildman–Crippen LogP) is 1.68. The van der Waals surface area contributed by atoms with Gasteiger partial charge in [-0.3, -0.25) is 9.69 Å². The Morgan fingerprint density at radius 2 is 2.11 bits per heavy atom. The standard InChI is InChI=1S/C14H18FN3O/c1-11(18(2)9-3-8-16)14(19)17-10-12-4-6-13(15)7-5-12/h4-7,11H,3,9-10H2,1-2H3,(H,17,19). The molecular weight excluding hydrogens is 245 g/mol. The Kier molecular flexibility index (Phi) is 5.97. The first-order valence-electron chi connectivity index (χ1n) is 6.14. The summed E-state index contributed by atoms with van der Waals surface area (Å²) >= 11 is 0. The van der Waals surface area contributed by atoms with Crippen LogP contribution in [0.2, 0.25) is 0 Å². The molecule has 1 N–H and O–H groups in total. The van der Waals surface area contributed by atoms with E-state index in [9.17, 15) is 9.18 Å². The van der Waals surface area contributed by atoms with Crippen molar-refractivity contribution in [3.63, 3.8) is 0 Å². The summed E-state index contributed by atoms with van der Waals surface area (Å²) < 4.78 is 12.7. The van der Waals surface area contributed by atoms with E-state index in [2.05, 4.69) is 5.32 Å². The molecule has 1 aromatic carbocycles. The summed E-state index contributed by atoms with van der Waals surface area (Å²) in [6, 6.07) is 7.76. The number of amides is 1. The summed E-state index contributed by atoms with van der Waals surface area (Å²) in [6.45, 7) is 2.72. The van der Waals surface area contributed by atoms with Gasteiger partial charge in [-0.1, -0.05) is 12.1 Å². The largest absolute Gasteiger partial charge is 0.351 e. The van der Waals surface area contributed by atoms with Crippen molar-refractivity contribution >= 4 is 5.91 Å². The van der Waals surface area contributed by atoms with Crippen LogP contribution in [0, 0.1) is 17.1 Å². The van der Waals surface area contributed by atoms with Crippen molar-refractivity contribution in [1.82, 2.24) is 10.2 Å². The number of carbonyl (C=O) groups is 1. The molecule has 0 heterocycles. The molecule has 1 rings (SSSR count). The topological polar surface area (TPSA) is 56.1 Å². The molecule has 0 saturated carbocycles. The summed E-state index contributed by atoms with van der Waals surface area (Å²) in [5.41, 5.74) is 0.849. The zero-order chi connectivity index (χ0) is 14.3. The van der Waals surface area contributed by atoms with E-state index >= 15 is 0 Å². The van der Waals surface area contributed by atoms with Crippen molar-refractivity contribution in [3.8, 4) is 6.07 Å². The van der Waals surface area contributed by atoms with E-state index in [1.54, 1.807) is 26.1 Å². The number of hydrogen-bond acceptors (Lipinski definition) is 3. The number of nitrogens with one attached hydrogen (secondary N) is 1. The minimum Gasteiger partial charge on any atom is -0.351 e. The second kappa shape index (κ2) is 7.49. The molecule has 0 fully saturated rings. The van der Waals surface area contributed by atoms with Gasteiger partial charge in [0.05, 0.1) is 12.1 Å². The molecule has 1 unspecified atom stereocenters. The van der Waals surface area contributed by atoms with E-state index in [0.717, 1.165) is 5.56 Å². The lowest BCUT2D eigenvalue weighted by Crippen LogP contribution is -2.43. The van der Waals surface area contributed by atoms with Crippen LogP contribution < -0.4 is 5.32 Å². The fraction of sp³-hybridized carbons (Fsp3) is 0.429. The number of halogens is 1. The van der Waals surface area contributed by atoms with Crippen LogP contribution in [0.4, 0.5) is 4.39 Å². The summed E-state index contributed by atoms with van der Waals surface area (Å²) in [5.74, 6) is -0.399. The average Bonchev–Trinajstić information content (AvgIpc) is 2.42. The highest BCUT2D eigenvalue weighted by Crippen LogP contribution is 2.03. The molecule has 0 bridgehead atoms. The molecule has 0 spiro atoms.